The van der Waals surface area contributed by atoms with E-state index in [2.05, 4.69) is 18.2 Å². The molecule has 0 radical (unpaired) electrons. The lowest BCUT2D eigenvalue weighted by molar-refractivity contribution is 0.387. The molecule has 14 heavy (non-hydrogen) atoms. The minimum atomic E-state index is 0.736. The number of hydrogen-bond acceptors (Lipinski definition) is 1. The van der Waals surface area contributed by atoms with Crippen LogP contribution in [0.4, 0.5) is 0 Å². The third-order valence-electron chi connectivity index (χ3n) is 3.18. The lowest BCUT2D eigenvalue weighted by Crippen LogP contribution is -2.05. The van der Waals surface area contributed by atoms with Gasteiger partial charge in [0.2, 0.25) is 0 Å². The first kappa shape index (κ1) is 9.57. The molecular weight excluding hydrogens is 172 g/mol. The second kappa shape index (κ2) is 4.50. The summed E-state index contributed by atoms with van der Waals surface area (Å²) in [5.74, 6) is 1.80. The van der Waals surface area contributed by atoms with Crippen LogP contribution >= 0.6 is 0 Å². The lowest BCUT2D eigenvalue weighted by atomic mass is 9.84. The van der Waals surface area contributed by atoms with Gasteiger partial charge in [0.25, 0.3) is 0 Å². The van der Waals surface area contributed by atoms with Crippen LogP contribution in [0, 0.1) is 0 Å². The standard InChI is InChI=1S/C13H18O/c1-14-13-10-6-5-9-12(13)11-7-3-2-4-8-11/h5-6,9-11H,2-4,7-8H2,1H3. The summed E-state index contributed by atoms with van der Waals surface area (Å²) < 4.78 is 5.40. The maximum absolute atomic E-state index is 5.40. The van der Waals surface area contributed by atoms with Gasteiger partial charge in [-0.15, -0.1) is 0 Å². The molecule has 0 amide bonds. The predicted molar refractivity (Wildman–Crippen MR) is 58.8 cm³/mol. The highest BCUT2D eigenvalue weighted by Gasteiger charge is 2.18. The molecule has 0 heterocycles. The molecule has 0 unspecified atom stereocenters. The van der Waals surface area contributed by atoms with Crippen molar-refractivity contribution in [1.29, 1.82) is 0 Å². The summed E-state index contributed by atoms with van der Waals surface area (Å²) in [5.41, 5.74) is 1.41. The molecule has 1 aliphatic rings. The van der Waals surface area contributed by atoms with Gasteiger partial charge < -0.3 is 4.74 Å². The molecule has 1 heteroatoms. The molecule has 0 aliphatic heterocycles. The highest BCUT2D eigenvalue weighted by atomic mass is 16.5. The average Bonchev–Trinajstić information content (AvgIpc) is 2.30. The Bertz CT molecular complexity index is 287. The largest absolute Gasteiger partial charge is 0.496 e. The quantitative estimate of drug-likeness (QED) is 0.690. The summed E-state index contributed by atoms with van der Waals surface area (Å²) in [5, 5.41) is 0. The number of benzene rings is 1. The third kappa shape index (κ3) is 1.92. The third-order valence-corrected chi connectivity index (χ3v) is 3.18. The zero-order chi connectivity index (χ0) is 9.80. The first-order valence-corrected chi connectivity index (χ1v) is 5.54. The van der Waals surface area contributed by atoms with Crippen LogP contribution in [0.1, 0.15) is 43.6 Å². The minimum absolute atomic E-state index is 0.736. The van der Waals surface area contributed by atoms with E-state index in [1.807, 2.05) is 6.07 Å². The Hall–Kier alpha value is -0.980. The van der Waals surface area contributed by atoms with Crippen molar-refractivity contribution >= 4 is 0 Å². The van der Waals surface area contributed by atoms with E-state index in [4.69, 9.17) is 4.74 Å². The zero-order valence-electron chi connectivity index (χ0n) is 8.83. The van der Waals surface area contributed by atoms with Crippen molar-refractivity contribution in [3.63, 3.8) is 0 Å². The molecular formula is C13H18O. The molecule has 2 rings (SSSR count). The van der Waals surface area contributed by atoms with Gasteiger partial charge in [0.1, 0.15) is 5.75 Å². The molecule has 0 bridgehead atoms. The van der Waals surface area contributed by atoms with E-state index in [1.54, 1.807) is 7.11 Å². The number of ether oxygens (including phenoxy) is 1. The number of methoxy groups -OCH3 is 1. The molecule has 0 saturated heterocycles. The first-order valence-electron chi connectivity index (χ1n) is 5.54. The van der Waals surface area contributed by atoms with Gasteiger partial charge in [0.15, 0.2) is 0 Å². The topological polar surface area (TPSA) is 9.23 Å². The van der Waals surface area contributed by atoms with Crippen LogP contribution in [0.2, 0.25) is 0 Å². The maximum atomic E-state index is 5.40. The van der Waals surface area contributed by atoms with Gasteiger partial charge >= 0.3 is 0 Å². The summed E-state index contributed by atoms with van der Waals surface area (Å²) in [6.45, 7) is 0. The Morgan fingerprint density at radius 3 is 2.50 bits per heavy atom. The van der Waals surface area contributed by atoms with Crippen LogP contribution in [-0.4, -0.2) is 7.11 Å². The second-order valence-corrected chi connectivity index (χ2v) is 4.08. The monoisotopic (exact) mass is 190 g/mol. The lowest BCUT2D eigenvalue weighted by Gasteiger charge is -2.23. The first-order chi connectivity index (χ1) is 6.92. The fourth-order valence-electron chi connectivity index (χ4n) is 2.42. The van der Waals surface area contributed by atoms with Crippen LogP contribution < -0.4 is 4.74 Å². The molecule has 76 valence electrons. The molecule has 0 N–H and O–H groups in total. The Labute approximate surface area is 86.1 Å². The normalized spacial score (nSPS) is 18.1. The van der Waals surface area contributed by atoms with Crippen LogP contribution in [0.15, 0.2) is 24.3 Å². The number of para-hydroxylation sites is 1. The summed E-state index contributed by atoms with van der Waals surface area (Å²) in [6, 6.07) is 8.45. The summed E-state index contributed by atoms with van der Waals surface area (Å²) >= 11 is 0. The average molecular weight is 190 g/mol. The molecule has 1 fully saturated rings. The van der Waals surface area contributed by atoms with E-state index in [-0.39, 0.29) is 0 Å². The van der Waals surface area contributed by atoms with Crippen molar-refractivity contribution in [1.82, 2.24) is 0 Å². The smallest absolute Gasteiger partial charge is 0.122 e. The van der Waals surface area contributed by atoms with Crippen LogP contribution in [0.25, 0.3) is 0 Å². The SMILES string of the molecule is COc1ccccc1C1CCCCC1. The van der Waals surface area contributed by atoms with Gasteiger partial charge in [-0.1, -0.05) is 37.5 Å². The molecule has 1 aromatic carbocycles. The molecule has 1 saturated carbocycles. The van der Waals surface area contributed by atoms with Crippen molar-refractivity contribution in [3.8, 4) is 5.75 Å². The van der Waals surface area contributed by atoms with E-state index < -0.39 is 0 Å². The Balaban J connectivity index is 2.20. The van der Waals surface area contributed by atoms with Gasteiger partial charge in [-0.05, 0) is 30.4 Å². The van der Waals surface area contributed by atoms with E-state index in [1.165, 1.54) is 37.7 Å². The molecule has 0 atom stereocenters. The van der Waals surface area contributed by atoms with E-state index in [9.17, 15) is 0 Å². The number of rotatable bonds is 2. The van der Waals surface area contributed by atoms with Crippen molar-refractivity contribution < 1.29 is 4.74 Å². The molecule has 1 aromatic rings. The van der Waals surface area contributed by atoms with Crippen LogP contribution in [-0.2, 0) is 0 Å². The maximum Gasteiger partial charge on any atom is 0.122 e. The minimum Gasteiger partial charge on any atom is -0.496 e. The highest BCUT2D eigenvalue weighted by molar-refractivity contribution is 5.36. The van der Waals surface area contributed by atoms with Gasteiger partial charge in [-0.2, -0.15) is 0 Å². The fraction of sp³-hybridized carbons (Fsp3) is 0.538. The van der Waals surface area contributed by atoms with Crippen molar-refractivity contribution in [2.45, 2.75) is 38.0 Å². The zero-order valence-corrected chi connectivity index (χ0v) is 8.83. The van der Waals surface area contributed by atoms with E-state index in [0.717, 1.165) is 11.7 Å². The van der Waals surface area contributed by atoms with Crippen molar-refractivity contribution in [2.75, 3.05) is 7.11 Å². The Kier molecular flexibility index (Phi) is 3.07. The molecule has 1 aliphatic carbocycles. The Morgan fingerprint density at radius 2 is 1.79 bits per heavy atom. The number of hydrogen-bond donors (Lipinski definition) is 0. The fourth-order valence-corrected chi connectivity index (χ4v) is 2.42. The molecule has 0 spiro atoms. The van der Waals surface area contributed by atoms with Gasteiger partial charge in [0, 0.05) is 0 Å². The second-order valence-electron chi connectivity index (χ2n) is 4.08. The van der Waals surface area contributed by atoms with E-state index >= 15 is 0 Å². The predicted octanol–water partition coefficient (Wildman–Crippen LogP) is 3.74. The molecule has 0 aromatic heterocycles. The van der Waals surface area contributed by atoms with E-state index in [0.29, 0.717) is 0 Å². The summed E-state index contributed by atoms with van der Waals surface area (Å²) in [6.07, 6.45) is 6.83. The summed E-state index contributed by atoms with van der Waals surface area (Å²) in [7, 11) is 1.77. The highest BCUT2D eigenvalue weighted by Crippen LogP contribution is 2.36. The molecule has 1 nitrogen and oxygen atoms in total. The Morgan fingerprint density at radius 1 is 1.07 bits per heavy atom. The van der Waals surface area contributed by atoms with Crippen molar-refractivity contribution in [2.24, 2.45) is 0 Å². The van der Waals surface area contributed by atoms with Crippen LogP contribution in [0.3, 0.4) is 0 Å². The van der Waals surface area contributed by atoms with Crippen LogP contribution in [0.5, 0.6) is 5.75 Å². The van der Waals surface area contributed by atoms with Gasteiger partial charge in [-0.25, -0.2) is 0 Å². The van der Waals surface area contributed by atoms with Gasteiger partial charge in [-0.3, -0.25) is 0 Å². The van der Waals surface area contributed by atoms with Crippen molar-refractivity contribution in [3.05, 3.63) is 29.8 Å². The summed E-state index contributed by atoms with van der Waals surface area (Å²) in [4.78, 5) is 0. The van der Waals surface area contributed by atoms with Gasteiger partial charge in [0.05, 0.1) is 7.11 Å².